The number of carbonyl (C=O) groups excluding carboxylic acids is 1. The SMILES string of the molecule is CC(C)c1ccccc1CC(Br)C(=O)C1CC1. The van der Waals surface area contributed by atoms with E-state index in [4.69, 9.17) is 0 Å². The van der Waals surface area contributed by atoms with E-state index in [0.29, 0.717) is 17.6 Å². The second kappa shape index (κ2) is 5.34. The molecule has 0 bridgehead atoms. The maximum Gasteiger partial charge on any atom is 0.149 e. The lowest BCUT2D eigenvalue weighted by Gasteiger charge is -2.15. The van der Waals surface area contributed by atoms with Crippen LogP contribution in [0.25, 0.3) is 0 Å². The smallest absolute Gasteiger partial charge is 0.149 e. The van der Waals surface area contributed by atoms with E-state index in [1.165, 1.54) is 11.1 Å². The molecule has 2 heteroatoms. The number of ketones is 1. The van der Waals surface area contributed by atoms with Gasteiger partial charge in [0, 0.05) is 5.92 Å². The van der Waals surface area contributed by atoms with Crippen molar-refractivity contribution in [3.05, 3.63) is 35.4 Å². The summed E-state index contributed by atoms with van der Waals surface area (Å²) in [6.07, 6.45) is 3.00. The molecule has 2 rings (SSSR count). The number of Topliss-reactive ketones (excluding diaryl/α,β-unsaturated/α-hetero) is 1. The molecule has 1 unspecified atom stereocenters. The van der Waals surface area contributed by atoms with Gasteiger partial charge in [-0.1, -0.05) is 54.0 Å². The van der Waals surface area contributed by atoms with E-state index >= 15 is 0 Å². The highest BCUT2D eigenvalue weighted by atomic mass is 79.9. The van der Waals surface area contributed by atoms with Crippen LogP contribution in [0.1, 0.15) is 43.7 Å². The minimum atomic E-state index is -0.00472. The Bertz CT molecular complexity index is 407. The van der Waals surface area contributed by atoms with Crippen LogP contribution in [0.15, 0.2) is 24.3 Å². The van der Waals surface area contributed by atoms with Gasteiger partial charge in [-0.15, -0.1) is 0 Å². The Balaban J connectivity index is 2.09. The Labute approximate surface area is 112 Å². The van der Waals surface area contributed by atoms with Gasteiger partial charge in [-0.2, -0.15) is 0 Å². The third-order valence-electron chi connectivity index (χ3n) is 3.36. The zero-order valence-corrected chi connectivity index (χ0v) is 12.0. The Kier molecular flexibility index (Phi) is 4.03. The molecule has 0 saturated heterocycles. The molecule has 0 radical (unpaired) electrons. The third-order valence-corrected chi connectivity index (χ3v) is 4.14. The lowest BCUT2D eigenvalue weighted by molar-refractivity contribution is -0.119. The first-order valence-corrected chi connectivity index (χ1v) is 7.26. The van der Waals surface area contributed by atoms with Crippen LogP contribution in [0.2, 0.25) is 0 Å². The van der Waals surface area contributed by atoms with Crippen LogP contribution in [0.4, 0.5) is 0 Å². The van der Waals surface area contributed by atoms with Crippen molar-refractivity contribution in [2.24, 2.45) is 5.92 Å². The third kappa shape index (κ3) is 3.19. The lowest BCUT2D eigenvalue weighted by Crippen LogP contribution is -2.19. The number of hydrogen-bond donors (Lipinski definition) is 0. The van der Waals surface area contributed by atoms with Gasteiger partial charge in [0.1, 0.15) is 5.78 Å². The largest absolute Gasteiger partial charge is 0.298 e. The average molecular weight is 295 g/mol. The van der Waals surface area contributed by atoms with Crippen LogP contribution in [0.5, 0.6) is 0 Å². The minimum absolute atomic E-state index is 0.00472. The Morgan fingerprint density at radius 2 is 2.00 bits per heavy atom. The molecule has 1 fully saturated rings. The summed E-state index contributed by atoms with van der Waals surface area (Å²) >= 11 is 3.55. The molecule has 0 N–H and O–H groups in total. The van der Waals surface area contributed by atoms with E-state index in [-0.39, 0.29) is 4.83 Å². The molecule has 1 nitrogen and oxygen atoms in total. The number of alkyl halides is 1. The molecule has 1 atom stereocenters. The maximum atomic E-state index is 11.9. The molecule has 0 amide bonds. The quantitative estimate of drug-likeness (QED) is 0.748. The predicted octanol–water partition coefficient (Wildman–Crippen LogP) is 4.10. The van der Waals surface area contributed by atoms with Gasteiger partial charge in [0.25, 0.3) is 0 Å². The van der Waals surface area contributed by atoms with Crippen LogP contribution >= 0.6 is 15.9 Å². The molecule has 1 saturated carbocycles. The molecule has 0 aromatic heterocycles. The Hall–Kier alpha value is -0.630. The highest BCUT2D eigenvalue weighted by molar-refractivity contribution is 9.10. The summed E-state index contributed by atoms with van der Waals surface area (Å²) < 4.78 is 0. The zero-order valence-electron chi connectivity index (χ0n) is 10.4. The highest BCUT2D eigenvalue weighted by Crippen LogP contribution is 2.34. The first-order chi connectivity index (χ1) is 8.09. The summed E-state index contributed by atoms with van der Waals surface area (Å²) in [5.41, 5.74) is 2.67. The molecule has 0 spiro atoms. The van der Waals surface area contributed by atoms with E-state index < -0.39 is 0 Å². The van der Waals surface area contributed by atoms with Gasteiger partial charge in [-0.25, -0.2) is 0 Å². The van der Waals surface area contributed by atoms with Crippen LogP contribution in [-0.2, 0) is 11.2 Å². The van der Waals surface area contributed by atoms with Crippen LogP contribution < -0.4 is 0 Å². The van der Waals surface area contributed by atoms with E-state index in [0.717, 1.165) is 19.3 Å². The van der Waals surface area contributed by atoms with Gasteiger partial charge < -0.3 is 0 Å². The molecule has 1 aliphatic rings. The maximum absolute atomic E-state index is 11.9. The van der Waals surface area contributed by atoms with Crippen molar-refractivity contribution in [1.82, 2.24) is 0 Å². The molecular weight excluding hydrogens is 276 g/mol. The van der Waals surface area contributed by atoms with Crippen molar-refractivity contribution in [2.75, 3.05) is 0 Å². The molecule has 1 aliphatic carbocycles. The molecule has 17 heavy (non-hydrogen) atoms. The van der Waals surface area contributed by atoms with Crippen LogP contribution in [-0.4, -0.2) is 10.6 Å². The van der Waals surface area contributed by atoms with E-state index in [2.05, 4.69) is 54.0 Å². The van der Waals surface area contributed by atoms with Crippen LogP contribution in [0, 0.1) is 5.92 Å². The first kappa shape index (κ1) is 12.8. The average Bonchev–Trinajstić information content (AvgIpc) is 3.12. The highest BCUT2D eigenvalue weighted by Gasteiger charge is 2.33. The molecule has 1 aromatic rings. The summed E-state index contributed by atoms with van der Waals surface area (Å²) in [5.74, 6) is 1.25. The number of halogens is 1. The second-order valence-corrected chi connectivity index (χ2v) is 6.31. The fourth-order valence-electron chi connectivity index (χ4n) is 2.20. The standard InChI is InChI=1S/C15H19BrO/c1-10(2)13-6-4-3-5-12(13)9-14(16)15(17)11-7-8-11/h3-6,10-11,14H,7-9H2,1-2H3. The second-order valence-electron chi connectivity index (χ2n) is 5.20. The lowest BCUT2D eigenvalue weighted by atomic mass is 9.93. The molecule has 0 aliphatic heterocycles. The van der Waals surface area contributed by atoms with Crippen molar-refractivity contribution in [3.63, 3.8) is 0 Å². The molecule has 92 valence electrons. The van der Waals surface area contributed by atoms with Gasteiger partial charge in [0.2, 0.25) is 0 Å². The van der Waals surface area contributed by atoms with Gasteiger partial charge in [0.05, 0.1) is 4.83 Å². The summed E-state index contributed by atoms with van der Waals surface area (Å²) in [7, 11) is 0. The number of carbonyl (C=O) groups is 1. The van der Waals surface area contributed by atoms with E-state index in [1.54, 1.807) is 0 Å². The van der Waals surface area contributed by atoms with Gasteiger partial charge in [-0.3, -0.25) is 4.79 Å². The topological polar surface area (TPSA) is 17.1 Å². The van der Waals surface area contributed by atoms with E-state index in [1.807, 2.05) is 0 Å². The molecule has 0 heterocycles. The van der Waals surface area contributed by atoms with Crippen LogP contribution in [0.3, 0.4) is 0 Å². The van der Waals surface area contributed by atoms with Gasteiger partial charge in [0.15, 0.2) is 0 Å². The summed E-state index contributed by atoms with van der Waals surface area (Å²) in [6, 6.07) is 8.44. The summed E-state index contributed by atoms with van der Waals surface area (Å²) in [5, 5.41) is 0. The Morgan fingerprint density at radius 3 is 2.59 bits per heavy atom. The number of benzene rings is 1. The number of hydrogen-bond acceptors (Lipinski definition) is 1. The van der Waals surface area contributed by atoms with Crippen molar-refractivity contribution in [3.8, 4) is 0 Å². The van der Waals surface area contributed by atoms with Gasteiger partial charge in [-0.05, 0) is 36.3 Å². The Morgan fingerprint density at radius 1 is 1.35 bits per heavy atom. The minimum Gasteiger partial charge on any atom is -0.298 e. The molecular formula is C15H19BrO. The first-order valence-electron chi connectivity index (χ1n) is 6.35. The summed E-state index contributed by atoms with van der Waals surface area (Å²) in [6.45, 7) is 4.40. The number of rotatable bonds is 5. The normalized spacial score (nSPS) is 17.2. The van der Waals surface area contributed by atoms with E-state index in [9.17, 15) is 4.79 Å². The van der Waals surface area contributed by atoms with Crippen molar-refractivity contribution in [1.29, 1.82) is 0 Å². The van der Waals surface area contributed by atoms with Crippen molar-refractivity contribution in [2.45, 2.75) is 43.9 Å². The zero-order chi connectivity index (χ0) is 12.4. The van der Waals surface area contributed by atoms with Crippen molar-refractivity contribution < 1.29 is 4.79 Å². The fraction of sp³-hybridized carbons (Fsp3) is 0.533. The molecule has 1 aromatic carbocycles. The van der Waals surface area contributed by atoms with Crippen molar-refractivity contribution >= 4 is 21.7 Å². The fourth-order valence-corrected chi connectivity index (χ4v) is 2.92. The summed E-state index contributed by atoms with van der Waals surface area (Å²) in [4.78, 5) is 11.9. The van der Waals surface area contributed by atoms with Gasteiger partial charge >= 0.3 is 0 Å². The predicted molar refractivity (Wildman–Crippen MR) is 74.7 cm³/mol. The monoisotopic (exact) mass is 294 g/mol.